The number of ether oxygens (including phenoxy) is 1. The zero-order valence-corrected chi connectivity index (χ0v) is 31.6. The lowest BCUT2D eigenvalue weighted by molar-refractivity contribution is 0.0342. The number of anilines is 1. The van der Waals surface area contributed by atoms with Gasteiger partial charge in [-0.3, -0.25) is 19.8 Å². The number of imide groups is 1. The van der Waals surface area contributed by atoms with E-state index in [1.165, 1.54) is 5.56 Å². The highest BCUT2D eigenvalue weighted by molar-refractivity contribution is 6.06. The lowest BCUT2D eigenvalue weighted by Crippen LogP contribution is -2.53. The summed E-state index contributed by atoms with van der Waals surface area (Å²) in [4.78, 5) is 60.4. The molecule has 1 saturated heterocycles. The monoisotopic (exact) mass is 714 g/mol. The third-order valence-corrected chi connectivity index (χ3v) is 10.5. The Morgan fingerprint density at radius 1 is 0.942 bits per heavy atom. The van der Waals surface area contributed by atoms with Gasteiger partial charge in [0.15, 0.2) is 0 Å². The van der Waals surface area contributed by atoms with Crippen LogP contribution in [0.1, 0.15) is 84.8 Å². The molecule has 0 unspecified atom stereocenters. The molecule has 5 rings (SSSR count). The third kappa shape index (κ3) is 9.21. The van der Waals surface area contributed by atoms with Gasteiger partial charge >= 0.3 is 12.1 Å². The van der Waals surface area contributed by atoms with Gasteiger partial charge in [-0.2, -0.15) is 0 Å². The van der Waals surface area contributed by atoms with Crippen molar-refractivity contribution in [3.05, 3.63) is 86.3 Å². The van der Waals surface area contributed by atoms with Crippen molar-refractivity contribution in [1.29, 1.82) is 0 Å². The molecule has 0 radical (unpaired) electrons. The number of aryl methyl sites for hydroxylation is 2. The summed E-state index contributed by atoms with van der Waals surface area (Å²) >= 11 is 0. The second-order valence-corrected chi connectivity index (χ2v) is 15.2. The van der Waals surface area contributed by atoms with Crippen LogP contribution in [0.4, 0.5) is 15.3 Å². The molecular weight excluding hydrogens is 660 g/mol. The van der Waals surface area contributed by atoms with Crippen molar-refractivity contribution in [3.8, 4) is 11.1 Å². The SMILES string of the molecule is Cc1cc(C)c(CNC(=O)NC(=O)c2cc(-c3ccc(CN4CCOCC4)cc3)cc(N(C)[C@H]3CC[C@H](N(C(=O)O)C(C)(C)C)CC3)c2C)c(=O)[nH]1. The lowest BCUT2D eigenvalue weighted by atomic mass is 9.86. The van der Waals surface area contributed by atoms with Gasteiger partial charge in [-0.1, -0.05) is 24.3 Å². The summed E-state index contributed by atoms with van der Waals surface area (Å²) in [5.41, 5.74) is 6.08. The Hall–Kier alpha value is -4.68. The second-order valence-electron chi connectivity index (χ2n) is 15.2. The van der Waals surface area contributed by atoms with Gasteiger partial charge in [-0.05, 0) is 113 Å². The van der Waals surface area contributed by atoms with Crippen molar-refractivity contribution in [2.45, 2.75) is 97.9 Å². The summed E-state index contributed by atoms with van der Waals surface area (Å²) < 4.78 is 5.50. The number of carboxylic acid groups (broad SMARTS) is 1. The van der Waals surface area contributed by atoms with E-state index in [0.29, 0.717) is 11.1 Å². The van der Waals surface area contributed by atoms with Crippen LogP contribution in [-0.4, -0.2) is 88.9 Å². The van der Waals surface area contributed by atoms with Crippen LogP contribution in [0.2, 0.25) is 0 Å². The number of H-pyrrole nitrogens is 1. The minimum atomic E-state index is -0.899. The number of benzene rings is 2. The zero-order valence-electron chi connectivity index (χ0n) is 31.6. The van der Waals surface area contributed by atoms with Crippen LogP contribution < -0.4 is 21.1 Å². The first-order valence-corrected chi connectivity index (χ1v) is 18.2. The molecule has 1 aromatic heterocycles. The van der Waals surface area contributed by atoms with Crippen molar-refractivity contribution in [1.82, 2.24) is 25.4 Å². The molecule has 2 fully saturated rings. The molecular formula is C40H54N6O6. The molecule has 12 nitrogen and oxygen atoms in total. The number of carbonyl (C=O) groups excluding carboxylic acids is 2. The standard InChI is InChI=1S/C40H54N6O6/c1-25-20-26(2)42-37(48)34(25)23-41-38(49)43-36(47)33-21-30(29-10-8-28(9-11-29)24-45-16-18-52-19-17-45)22-35(27(33)3)44(7)31-12-14-32(15-13-31)46(39(50)51)40(4,5)6/h8-11,20-22,31-32H,12-19,23-24H2,1-7H3,(H,42,48)(H,50,51)(H2,41,43,47,49)/t31-,32-. The van der Waals surface area contributed by atoms with Crippen molar-refractivity contribution >= 4 is 23.7 Å². The molecule has 4 amide bonds. The minimum absolute atomic E-state index is 0.0262. The van der Waals surface area contributed by atoms with Crippen LogP contribution in [0.3, 0.4) is 0 Å². The largest absolute Gasteiger partial charge is 0.465 e. The van der Waals surface area contributed by atoms with E-state index in [9.17, 15) is 24.3 Å². The van der Waals surface area contributed by atoms with Crippen LogP contribution in [-0.2, 0) is 17.8 Å². The molecule has 1 aliphatic carbocycles. The Bertz CT molecular complexity index is 1820. The highest BCUT2D eigenvalue weighted by Gasteiger charge is 2.36. The van der Waals surface area contributed by atoms with E-state index in [-0.39, 0.29) is 24.2 Å². The molecule has 1 aliphatic heterocycles. The number of hydrogen-bond donors (Lipinski definition) is 4. The Labute approximate surface area is 306 Å². The maximum Gasteiger partial charge on any atom is 0.407 e. The van der Waals surface area contributed by atoms with Crippen molar-refractivity contribution in [3.63, 3.8) is 0 Å². The predicted molar refractivity (Wildman–Crippen MR) is 203 cm³/mol. The van der Waals surface area contributed by atoms with Crippen molar-refractivity contribution in [2.75, 3.05) is 38.3 Å². The normalized spacial score (nSPS) is 18.1. The number of nitrogens with one attached hydrogen (secondary N) is 3. The summed E-state index contributed by atoms with van der Waals surface area (Å²) in [5, 5.41) is 15.1. The summed E-state index contributed by atoms with van der Waals surface area (Å²) in [6.07, 6.45) is 2.16. The number of pyridine rings is 1. The van der Waals surface area contributed by atoms with E-state index in [0.717, 1.165) is 92.2 Å². The highest BCUT2D eigenvalue weighted by atomic mass is 16.5. The predicted octanol–water partition coefficient (Wildman–Crippen LogP) is 5.96. The average Bonchev–Trinajstić information content (AvgIpc) is 3.08. The molecule has 1 saturated carbocycles. The Kier molecular flexibility index (Phi) is 12.1. The van der Waals surface area contributed by atoms with E-state index in [1.807, 2.05) is 53.8 Å². The van der Waals surface area contributed by atoms with Crippen LogP contribution in [0.25, 0.3) is 11.1 Å². The summed E-state index contributed by atoms with van der Waals surface area (Å²) in [7, 11) is 2.02. The number of rotatable bonds is 9. The van der Waals surface area contributed by atoms with Gasteiger partial charge in [0.1, 0.15) is 0 Å². The number of aromatic nitrogens is 1. The first-order chi connectivity index (χ1) is 24.6. The average molecular weight is 715 g/mol. The maximum absolute atomic E-state index is 13.8. The first-order valence-electron chi connectivity index (χ1n) is 18.2. The fourth-order valence-electron chi connectivity index (χ4n) is 7.66. The molecule has 0 bridgehead atoms. The van der Waals surface area contributed by atoms with Gasteiger partial charge in [0.25, 0.3) is 11.5 Å². The van der Waals surface area contributed by atoms with E-state index < -0.39 is 23.6 Å². The molecule has 4 N–H and O–H groups in total. The molecule has 0 spiro atoms. The Balaban J connectivity index is 1.39. The molecule has 3 aromatic rings. The van der Waals surface area contributed by atoms with Gasteiger partial charge in [-0.25, -0.2) is 9.59 Å². The molecule has 2 heterocycles. The van der Waals surface area contributed by atoms with Gasteiger partial charge < -0.3 is 29.9 Å². The quantitative estimate of drug-likeness (QED) is 0.212. The lowest BCUT2D eigenvalue weighted by Gasteiger charge is -2.44. The molecule has 12 heteroatoms. The van der Waals surface area contributed by atoms with E-state index in [4.69, 9.17) is 4.74 Å². The van der Waals surface area contributed by atoms with E-state index in [2.05, 4.69) is 55.7 Å². The fraction of sp³-hybridized carbons (Fsp3) is 0.500. The highest BCUT2D eigenvalue weighted by Crippen LogP contribution is 2.36. The van der Waals surface area contributed by atoms with Crippen molar-refractivity contribution in [2.24, 2.45) is 0 Å². The molecule has 280 valence electrons. The topological polar surface area (TPSA) is 147 Å². The molecule has 2 aliphatic rings. The van der Waals surface area contributed by atoms with Crippen LogP contribution >= 0.6 is 0 Å². The zero-order chi connectivity index (χ0) is 37.7. The Morgan fingerprint density at radius 2 is 1.58 bits per heavy atom. The minimum Gasteiger partial charge on any atom is -0.465 e. The van der Waals surface area contributed by atoms with Crippen molar-refractivity contribution < 1.29 is 24.2 Å². The van der Waals surface area contributed by atoms with Gasteiger partial charge in [0, 0.05) is 66.8 Å². The van der Waals surface area contributed by atoms with Gasteiger partial charge in [0.05, 0.1) is 19.8 Å². The number of morpholine rings is 1. The number of nitrogens with zero attached hydrogens (tertiary/aromatic N) is 3. The third-order valence-electron chi connectivity index (χ3n) is 10.5. The Morgan fingerprint density at radius 3 is 2.17 bits per heavy atom. The number of urea groups is 1. The second kappa shape index (κ2) is 16.3. The molecule has 2 aromatic carbocycles. The summed E-state index contributed by atoms with van der Waals surface area (Å²) in [6.45, 7) is 15.4. The van der Waals surface area contributed by atoms with Gasteiger partial charge in [0.2, 0.25) is 0 Å². The van der Waals surface area contributed by atoms with Gasteiger partial charge in [-0.15, -0.1) is 0 Å². The first kappa shape index (κ1) is 38.5. The number of aromatic amines is 1. The van der Waals surface area contributed by atoms with Crippen LogP contribution in [0.15, 0.2) is 47.3 Å². The fourth-order valence-corrected chi connectivity index (χ4v) is 7.66. The summed E-state index contributed by atoms with van der Waals surface area (Å²) in [5.74, 6) is -0.545. The van der Waals surface area contributed by atoms with Crippen LogP contribution in [0.5, 0.6) is 0 Å². The number of hydrogen-bond acceptors (Lipinski definition) is 7. The maximum atomic E-state index is 13.8. The summed E-state index contributed by atoms with van der Waals surface area (Å²) in [6, 6.07) is 13.5. The number of carbonyl (C=O) groups is 3. The smallest absolute Gasteiger partial charge is 0.407 e. The van der Waals surface area contributed by atoms with Crippen LogP contribution in [0, 0.1) is 20.8 Å². The van der Waals surface area contributed by atoms with E-state index >= 15 is 0 Å². The molecule has 52 heavy (non-hydrogen) atoms. The molecule has 0 atom stereocenters. The van der Waals surface area contributed by atoms with E-state index in [1.54, 1.807) is 11.8 Å². The number of amides is 4.